The van der Waals surface area contributed by atoms with Crippen molar-refractivity contribution >= 4 is 21.4 Å². The summed E-state index contributed by atoms with van der Waals surface area (Å²) in [7, 11) is -2.81. The van der Waals surface area contributed by atoms with Crippen LogP contribution in [0, 0.1) is 0 Å². The third-order valence-corrected chi connectivity index (χ3v) is 3.24. The standard InChI is InChI=1S/C8H13ClO2S/c1-12(10,11)5-4-7-2-3-8(9)6-7/h6,8H,2-5H2,1H3. The molecule has 1 aliphatic carbocycles. The average Bonchev–Trinajstić information content (AvgIpc) is 2.30. The van der Waals surface area contributed by atoms with E-state index in [-0.39, 0.29) is 11.1 Å². The summed E-state index contributed by atoms with van der Waals surface area (Å²) in [4.78, 5) is 0. The maximum Gasteiger partial charge on any atom is 0.147 e. The first-order valence-electron chi connectivity index (χ1n) is 3.99. The Morgan fingerprint density at radius 3 is 2.75 bits per heavy atom. The molecule has 0 saturated carbocycles. The monoisotopic (exact) mass is 208 g/mol. The fourth-order valence-corrected chi connectivity index (χ4v) is 2.19. The molecule has 0 aromatic heterocycles. The van der Waals surface area contributed by atoms with E-state index >= 15 is 0 Å². The first-order valence-corrected chi connectivity index (χ1v) is 6.48. The lowest BCUT2D eigenvalue weighted by Crippen LogP contribution is -2.03. The number of alkyl halides is 1. The smallest absolute Gasteiger partial charge is 0.147 e. The highest BCUT2D eigenvalue weighted by Crippen LogP contribution is 2.25. The first kappa shape index (κ1) is 10.1. The highest BCUT2D eigenvalue weighted by atomic mass is 35.5. The molecule has 1 rings (SSSR count). The molecule has 0 fully saturated rings. The van der Waals surface area contributed by atoms with Crippen molar-refractivity contribution in [2.45, 2.75) is 24.6 Å². The molecule has 4 heteroatoms. The molecule has 0 N–H and O–H groups in total. The molecule has 0 spiro atoms. The Morgan fingerprint density at radius 1 is 1.67 bits per heavy atom. The summed E-state index contributed by atoms with van der Waals surface area (Å²) in [5, 5.41) is 0.125. The van der Waals surface area contributed by atoms with Crippen LogP contribution in [0.4, 0.5) is 0 Å². The van der Waals surface area contributed by atoms with Crippen molar-refractivity contribution in [3.05, 3.63) is 11.6 Å². The lowest BCUT2D eigenvalue weighted by atomic mass is 10.2. The Bertz CT molecular complexity index is 279. The Kier molecular flexibility index (Phi) is 3.18. The SMILES string of the molecule is CS(=O)(=O)CCC1=CC(Cl)CC1. The van der Waals surface area contributed by atoms with E-state index in [4.69, 9.17) is 11.6 Å². The van der Waals surface area contributed by atoms with E-state index in [9.17, 15) is 8.42 Å². The van der Waals surface area contributed by atoms with Crippen LogP contribution in [-0.4, -0.2) is 25.8 Å². The summed E-state index contributed by atoms with van der Waals surface area (Å²) in [5.74, 6) is 0.252. The van der Waals surface area contributed by atoms with Crippen LogP contribution in [0.1, 0.15) is 19.3 Å². The summed E-state index contributed by atoms with van der Waals surface area (Å²) < 4.78 is 21.6. The van der Waals surface area contributed by atoms with Gasteiger partial charge in [0.15, 0.2) is 0 Å². The lowest BCUT2D eigenvalue weighted by Gasteiger charge is -1.98. The summed E-state index contributed by atoms with van der Waals surface area (Å²) in [6.07, 6.45) is 5.82. The molecule has 0 aromatic carbocycles. The summed E-state index contributed by atoms with van der Waals surface area (Å²) in [6, 6.07) is 0. The van der Waals surface area contributed by atoms with Gasteiger partial charge in [-0.15, -0.1) is 11.6 Å². The maximum atomic E-state index is 10.8. The molecule has 0 amide bonds. The van der Waals surface area contributed by atoms with Gasteiger partial charge in [-0.2, -0.15) is 0 Å². The Hall–Kier alpha value is -0.0200. The van der Waals surface area contributed by atoms with Crippen molar-refractivity contribution < 1.29 is 8.42 Å². The lowest BCUT2D eigenvalue weighted by molar-refractivity contribution is 0.600. The van der Waals surface area contributed by atoms with Gasteiger partial charge in [-0.05, 0) is 19.3 Å². The molecule has 1 unspecified atom stereocenters. The number of sulfone groups is 1. The number of hydrogen-bond donors (Lipinski definition) is 0. The normalized spacial score (nSPS) is 24.2. The van der Waals surface area contributed by atoms with Gasteiger partial charge >= 0.3 is 0 Å². The van der Waals surface area contributed by atoms with E-state index in [0.29, 0.717) is 6.42 Å². The Balaban J connectivity index is 2.39. The van der Waals surface area contributed by atoms with Crippen molar-refractivity contribution in [3.63, 3.8) is 0 Å². The predicted molar refractivity (Wildman–Crippen MR) is 51.3 cm³/mol. The zero-order chi connectivity index (χ0) is 9.19. The highest BCUT2D eigenvalue weighted by Gasteiger charge is 2.14. The van der Waals surface area contributed by atoms with Crippen LogP contribution in [0.25, 0.3) is 0 Å². The second kappa shape index (κ2) is 3.79. The van der Waals surface area contributed by atoms with Crippen LogP contribution < -0.4 is 0 Å². The van der Waals surface area contributed by atoms with Crippen LogP contribution in [-0.2, 0) is 9.84 Å². The van der Waals surface area contributed by atoms with Crippen molar-refractivity contribution in [3.8, 4) is 0 Å². The quantitative estimate of drug-likeness (QED) is 0.523. The van der Waals surface area contributed by atoms with Gasteiger partial charge in [-0.3, -0.25) is 0 Å². The maximum absolute atomic E-state index is 10.8. The van der Waals surface area contributed by atoms with Crippen molar-refractivity contribution in [1.29, 1.82) is 0 Å². The fraction of sp³-hybridized carbons (Fsp3) is 0.750. The van der Waals surface area contributed by atoms with Gasteiger partial charge in [0.25, 0.3) is 0 Å². The van der Waals surface area contributed by atoms with Crippen LogP contribution >= 0.6 is 11.6 Å². The number of allylic oxidation sites excluding steroid dienone is 2. The van der Waals surface area contributed by atoms with Crippen molar-refractivity contribution in [2.24, 2.45) is 0 Å². The van der Waals surface area contributed by atoms with Crippen LogP contribution in [0.15, 0.2) is 11.6 Å². The zero-order valence-corrected chi connectivity index (χ0v) is 8.66. The molecule has 2 nitrogen and oxygen atoms in total. The van der Waals surface area contributed by atoms with Crippen LogP contribution in [0.2, 0.25) is 0 Å². The molecule has 0 aromatic rings. The van der Waals surface area contributed by atoms with E-state index in [1.54, 1.807) is 0 Å². The van der Waals surface area contributed by atoms with Crippen LogP contribution in [0.5, 0.6) is 0 Å². The molecule has 1 aliphatic rings. The molecule has 0 radical (unpaired) electrons. The third-order valence-electron chi connectivity index (χ3n) is 1.95. The summed E-state index contributed by atoms with van der Waals surface area (Å²) in [5.41, 5.74) is 1.19. The molecule has 0 heterocycles. The van der Waals surface area contributed by atoms with E-state index in [1.807, 2.05) is 6.08 Å². The van der Waals surface area contributed by atoms with Crippen LogP contribution in [0.3, 0.4) is 0 Å². The van der Waals surface area contributed by atoms with Gasteiger partial charge in [0.05, 0.1) is 11.1 Å². The number of halogens is 1. The minimum Gasteiger partial charge on any atom is -0.229 e. The predicted octanol–water partition coefficient (Wildman–Crippen LogP) is 1.75. The topological polar surface area (TPSA) is 34.1 Å². The Morgan fingerprint density at radius 2 is 2.33 bits per heavy atom. The largest absolute Gasteiger partial charge is 0.229 e. The third kappa shape index (κ3) is 3.59. The first-order chi connectivity index (χ1) is 5.47. The average molecular weight is 209 g/mol. The molecule has 0 aliphatic heterocycles. The van der Waals surface area contributed by atoms with Gasteiger partial charge in [0, 0.05) is 6.26 Å². The van der Waals surface area contributed by atoms with Gasteiger partial charge in [-0.25, -0.2) is 8.42 Å². The molecule has 12 heavy (non-hydrogen) atoms. The van der Waals surface area contributed by atoms with Crippen molar-refractivity contribution in [1.82, 2.24) is 0 Å². The molecule has 70 valence electrons. The zero-order valence-electron chi connectivity index (χ0n) is 7.09. The molecule has 0 saturated heterocycles. The van der Waals surface area contributed by atoms with Gasteiger partial charge in [0.1, 0.15) is 9.84 Å². The van der Waals surface area contributed by atoms with E-state index in [2.05, 4.69) is 0 Å². The summed E-state index contributed by atoms with van der Waals surface area (Å²) >= 11 is 5.83. The van der Waals surface area contributed by atoms with Gasteiger partial charge < -0.3 is 0 Å². The fourth-order valence-electron chi connectivity index (χ4n) is 1.27. The number of hydrogen-bond acceptors (Lipinski definition) is 2. The Labute approximate surface area is 78.5 Å². The second-order valence-electron chi connectivity index (χ2n) is 3.26. The van der Waals surface area contributed by atoms with Gasteiger partial charge in [-0.1, -0.05) is 11.6 Å². The minimum atomic E-state index is -2.81. The van der Waals surface area contributed by atoms with E-state index in [1.165, 1.54) is 11.8 Å². The summed E-state index contributed by atoms with van der Waals surface area (Å²) in [6.45, 7) is 0. The van der Waals surface area contributed by atoms with Gasteiger partial charge in [0.2, 0.25) is 0 Å². The van der Waals surface area contributed by atoms with Crippen molar-refractivity contribution in [2.75, 3.05) is 12.0 Å². The van der Waals surface area contributed by atoms with E-state index < -0.39 is 9.84 Å². The minimum absolute atomic E-state index is 0.125. The second-order valence-corrected chi connectivity index (χ2v) is 6.08. The molecule has 1 atom stereocenters. The highest BCUT2D eigenvalue weighted by molar-refractivity contribution is 7.90. The molecular weight excluding hydrogens is 196 g/mol. The molecule has 0 bridgehead atoms. The molecular formula is C8H13ClO2S. The number of rotatable bonds is 3. The van der Waals surface area contributed by atoms with E-state index in [0.717, 1.165) is 12.8 Å².